The number of hydrogen-bond acceptors (Lipinski definition) is 3. The minimum atomic E-state index is 0.432. The van der Waals surface area contributed by atoms with Crippen LogP contribution in [0, 0.1) is 0 Å². The Morgan fingerprint density at radius 2 is 1.95 bits per heavy atom. The number of pyridine rings is 1. The van der Waals surface area contributed by atoms with Gasteiger partial charge in [0.1, 0.15) is 5.02 Å². The van der Waals surface area contributed by atoms with E-state index in [2.05, 4.69) is 17.1 Å². The smallest absolute Gasteiger partial charge is 0.232 e. The summed E-state index contributed by atoms with van der Waals surface area (Å²) in [5.41, 5.74) is 7.73. The van der Waals surface area contributed by atoms with Gasteiger partial charge < -0.3 is 10.5 Å². The molecule has 0 bridgehead atoms. The monoisotopic (exact) mass is 276 g/mol. The maximum atomic E-state index is 6.06. The zero-order valence-electron chi connectivity index (χ0n) is 10.7. The number of benzene rings is 1. The van der Waals surface area contributed by atoms with Gasteiger partial charge in [-0.15, -0.1) is 0 Å². The molecule has 2 N–H and O–H groups in total. The zero-order valence-corrected chi connectivity index (χ0v) is 11.4. The summed E-state index contributed by atoms with van der Waals surface area (Å²) in [5, 5.41) is 0.516. The molecule has 2 aromatic rings. The van der Waals surface area contributed by atoms with E-state index in [4.69, 9.17) is 22.1 Å². The molecule has 0 spiro atoms. The molecule has 2 rings (SSSR count). The Hall–Kier alpha value is -1.58. The molecule has 0 aliphatic carbocycles. The van der Waals surface area contributed by atoms with Crippen LogP contribution in [0.4, 0.5) is 0 Å². The quantitative estimate of drug-likeness (QED) is 0.824. The van der Waals surface area contributed by atoms with E-state index < -0.39 is 0 Å². The van der Waals surface area contributed by atoms with Crippen molar-refractivity contribution in [3.8, 4) is 5.88 Å². The number of hydrogen-bond donors (Lipinski definition) is 1. The van der Waals surface area contributed by atoms with E-state index in [1.54, 1.807) is 12.3 Å². The van der Waals surface area contributed by atoms with Gasteiger partial charge in [-0.1, -0.05) is 41.9 Å². The highest BCUT2D eigenvalue weighted by Crippen LogP contribution is 2.22. The van der Waals surface area contributed by atoms with Crippen LogP contribution in [0.1, 0.15) is 17.5 Å². The van der Waals surface area contributed by atoms with Crippen LogP contribution < -0.4 is 10.5 Å². The molecule has 19 heavy (non-hydrogen) atoms. The summed E-state index contributed by atoms with van der Waals surface area (Å²) in [6.07, 6.45) is 3.61. The first kappa shape index (κ1) is 13.8. The Morgan fingerprint density at radius 3 is 2.63 bits per heavy atom. The van der Waals surface area contributed by atoms with E-state index in [0.29, 0.717) is 24.1 Å². The van der Waals surface area contributed by atoms with Crippen molar-refractivity contribution >= 4 is 11.6 Å². The second kappa shape index (κ2) is 7.12. The SMILES string of the molecule is NCc1cnc(OCCCc2ccccc2)c(Cl)c1. The Morgan fingerprint density at radius 1 is 1.16 bits per heavy atom. The van der Waals surface area contributed by atoms with Gasteiger partial charge in [0.2, 0.25) is 5.88 Å². The fourth-order valence-corrected chi connectivity index (χ4v) is 2.02. The molecule has 0 aliphatic heterocycles. The van der Waals surface area contributed by atoms with Crippen LogP contribution in [-0.4, -0.2) is 11.6 Å². The molecule has 1 aromatic carbocycles. The van der Waals surface area contributed by atoms with Gasteiger partial charge in [0.15, 0.2) is 0 Å². The summed E-state index contributed by atoms with van der Waals surface area (Å²) in [6, 6.07) is 12.1. The first-order valence-corrected chi connectivity index (χ1v) is 6.68. The highest BCUT2D eigenvalue weighted by Gasteiger charge is 2.04. The maximum absolute atomic E-state index is 6.06. The van der Waals surface area contributed by atoms with Crippen molar-refractivity contribution < 1.29 is 4.74 Å². The van der Waals surface area contributed by atoms with E-state index in [-0.39, 0.29) is 0 Å². The summed E-state index contributed by atoms with van der Waals surface area (Å²) in [6.45, 7) is 1.03. The summed E-state index contributed by atoms with van der Waals surface area (Å²) in [5.74, 6) is 0.479. The Balaban J connectivity index is 1.80. The molecule has 100 valence electrons. The van der Waals surface area contributed by atoms with E-state index in [9.17, 15) is 0 Å². The molecule has 1 heterocycles. The third-order valence-corrected chi connectivity index (χ3v) is 3.06. The maximum Gasteiger partial charge on any atom is 0.232 e. The topological polar surface area (TPSA) is 48.1 Å². The molecule has 1 aromatic heterocycles. The Kier molecular flexibility index (Phi) is 5.19. The van der Waals surface area contributed by atoms with Crippen LogP contribution in [0.5, 0.6) is 5.88 Å². The lowest BCUT2D eigenvalue weighted by atomic mass is 10.1. The van der Waals surface area contributed by atoms with Crippen LogP contribution in [0.3, 0.4) is 0 Å². The number of aromatic nitrogens is 1. The van der Waals surface area contributed by atoms with Crippen LogP contribution in [0.15, 0.2) is 42.6 Å². The standard InChI is InChI=1S/C15H17ClN2O/c16-14-9-13(10-17)11-18-15(14)19-8-4-7-12-5-2-1-3-6-12/h1-3,5-6,9,11H,4,7-8,10,17H2. The van der Waals surface area contributed by atoms with Crippen molar-refractivity contribution in [1.82, 2.24) is 4.98 Å². The second-order valence-corrected chi connectivity index (χ2v) is 4.68. The molecule has 0 radical (unpaired) electrons. The predicted molar refractivity (Wildman–Crippen MR) is 77.4 cm³/mol. The van der Waals surface area contributed by atoms with Crippen molar-refractivity contribution in [2.45, 2.75) is 19.4 Å². The first-order chi connectivity index (χ1) is 9.29. The van der Waals surface area contributed by atoms with Gasteiger partial charge in [-0.05, 0) is 30.0 Å². The average molecular weight is 277 g/mol. The van der Waals surface area contributed by atoms with Gasteiger partial charge in [0, 0.05) is 12.7 Å². The van der Waals surface area contributed by atoms with Crippen molar-refractivity contribution in [2.75, 3.05) is 6.61 Å². The summed E-state index contributed by atoms with van der Waals surface area (Å²) < 4.78 is 5.57. The van der Waals surface area contributed by atoms with Gasteiger partial charge >= 0.3 is 0 Å². The Labute approximate surface area is 118 Å². The summed E-state index contributed by atoms with van der Waals surface area (Å²) in [7, 11) is 0. The number of nitrogens with two attached hydrogens (primary N) is 1. The van der Waals surface area contributed by atoms with Crippen LogP contribution in [0.2, 0.25) is 5.02 Å². The molecule has 0 saturated heterocycles. The van der Waals surface area contributed by atoms with Gasteiger partial charge in [-0.3, -0.25) is 0 Å². The highest BCUT2D eigenvalue weighted by molar-refractivity contribution is 6.31. The van der Waals surface area contributed by atoms with Crippen molar-refractivity contribution in [2.24, 2.45) is 5.73 Å². The molecule has 0 aliphatic rings. The predicted octanol–water partition coefficient (Wildman–Crippen LogP) is 3.21. The fraction of sp³-hybridized carbons (Fsp3) is 0.267. The molecule has 0 saturated carbocycles. The lowest BCUT2D eigenvalue weighted by Gasteiger charge is -2.07. The highest BCUT2D eigenvalue weighted by atomic mass is 35.5. The fourth-order valence-electron chi connectivity index (χ4n) is 1.77. The lowest BCUT2D eigenvalue weighted by Crippen LogP contribution is -2.03. The van der Waals surface area contributed by atoms with Gasteiger partial charge in [-0.25, -0.2) is 4.98 Å². The average Bonchev–Trinajstić information content (AvgIpc) is 2.46. The van der Waals surface area contributed by atoms with E-state index in [1.165, 1.54) is 5.56 Å². The van der Waals surface area contributed by atoms with E-state index in [0.717, 1.165) is 18.4 Å². The minimum Gasteiger partial charge on any atom is -0.477 e. The molecule has 0 amide bonds. The lowest BCUT2D eigenvalue weighted by molar-refractivity contribution is 0.299. The molecule has 0 atom stereocenters. The third-order valence-electron chi connectivity index (χ3n) is 2.79. The first-order valence-electron chi connectivity index (χ1n) is 6.31. The molecular weight excluding hydrogens is 260 g/mol. The summed E-state index contributed by atoms with van der Waals surface area (Å²) >= 11 is 6.06. The van der Waals surface area contributed by atoms with Gasteiger partial charge in [0.25, 0.3) is 0 Å². The third kappa shape index (κ3) is 4.23. The van der Waals surface area contributed by atoms with Crippen molar-refractivity contribution in [3.05, 3.63) is 58.7 Å². The molecule has 3 nitrogen and oxygen atoms in total. The number of aryl methyl sites for hydroxylation is 1. The number of ether oxygens (including phenoxy) is 1. The number of nitrogens with zero attached hydrogens (tertiary/aromatic N) is 1. The minimum absolute atomic E-state index is 0.432. The van der Waals surface area contributed by atoms with Gasteiger partial charge in [0.05, 0.1) is 6.61 Å². The van der Waals surface area contributed by atoms with Crippen LogP contribution in [-0.2, 0) is 13.0 Å². The summed E-state index contributed by atoms with van der Waals surface area (Å²) in [4.78, 5) is 4.16. The molecule has 4 heteroatoms. The van der Waals surface area contributed by atoms with Crippen LogP contribution in [0.25, 0.3) is 0 Å². The molecular formula is C15H17ClN2O. The van der Waals surface area contributed by atoms with E-state index in [1.807, 2.05) is 18.2 Å². The van der Waals surface area contributed by atoms with Crippen molar-refractivity contribution in [1.29, 1.82) is 0 Å². The van der Waals surface area contributed by atoms with Crippen LogP contribution >= 0.6 is 11.6 Å². The van der Waals surface area contributed by atoms with E-state index >= 15 is 0 Å². The Bertz CT molecular complexity index is 517. The zero-order chi connectivity index (χ0) is 13.5. The van der Waals surface area contributed by atoms with Crippen molar-refractivity contribution in [3.63, 3.8) is 0 Å². The number of rotatable bonds is 6. The molecule has 0 unspecified atom stereocenters. The second-order valence-electron chi connectivity index (χ2n) is 4.27. The molecule has 0 fully saturated rings. The normalized spacial score (nSPS) is 10.4. The van der Waals surface area contributed by atoms with Gasteiger partial charge in [-0.2, -0.15) is 0 Å². The largest absolute Gasteiger partial charge is 0.477 e. The number of halogens is 1.